The highest BCUT2D eigenvalue weighted by Crippen LogP contribution is 2.24. The molecule has 1 fully saturated rings. The van der Waals surface area contributed by atoms with Gasteiger partial charge in [-0.2, -0.15) is 4.31 Å². The maximum absolute atomic E-state index is 12.5. The number of nitrogens with zero attached hydrogens (tertiary/aromatic N) is 1. The molecule has 0 saturated carbocycles. The Hall–Kier alpha value is -0.900. The van der Waals surface area contributed by atoms with Gasteiger partial charge in [-0.3, -0.25) is 0 Å². The fourth-order valence-electron chi connectivity index (χ4n) is 2.15. The number of hydrogen-bond acceptors (Lipinski definition) is 6. The summed E-state index contributed by atoms with van der Waals surface area (Å²) in [6.07, 6.45) is 0.283. The Morgan fingerprint density at radius 2 is 2.05 bits per heavy atom. The predicted octanol–water partition coefficient (Wildman–Crippen LogP) is -0.110. The lowest BCUT2D eigenvalue weighted by atomic mass is 10.4. The molecule has 0 aliphatic carbocycles. The molecule has 20 heavy (non-hydrogen) atoms. The molecule has 0 spiro atoms. The predicted molar refractivity (Wildman–Crippen MR) is 71.4 cm³/mol. The largest absolute Gasteiger partial charge is 0.462 e. The quantitative estimate of drug-likeness (QED) is 0.832. The van der Waals surface area contributed by atoms with Crippen molar-refractivity contribution in [3.8, 4) is 0 Å². The van der Waals surface area contributed by atoms with E-state index in [9.17, 15) is 16.8 Å². The highest BCUT2D eigenvalue weighted by atomic mass is 32.2. The average molecular weight is 323 g/mol. The topological polar surface area (TPSA) is 105 Å². The standard InChI is InChI=1S/C11H17NO6S2/c1-9-11(7-10(8-13)18-9)20(16,17)12-3-2-5-19(14,15)6-4-12/h7,13H,2-6,8H2,1H3. The fourth-order valence-corrected chi connectivity index (χ4v) is 5.21. The Labute approximate surface area is 118 Å². The van der Waals surface area contributed by atoms with Crippen molar-refractivity contribution in [3.05, 3.63) is 17.6 Å². The van der Waals surface area contributed by atoms with Gasteiger partial charge in [-0.1, -0.05) is 0 Å². The third-order valence-corrected chi connectivity index (χ3v) is 6.93. The molecule has 1 aliphatic rings. The summed E-state index contributed by atoms with van der Waals surface area (Å²) in [6.45, 7) is 1.23. The van der Waals surface area contributed by atoms with Crippen LogP contribution in [0.3, 0.4) is 0 Å². The summed E-state index contributed by atoms with van der Waals surface area (Å²) in [4.78, 5) is -0.0131. The van der Waals surface area contributed by atoms with Crippen LogP contribution in [-0.2, 0) is 26.5 Å². The zero-order valence-corrected chi connectivity index (χ0v) is 12.7. The molecule has 1 N–H and O–H groups in total. The number of aliphatic hydroxyl groups is 1. The van der Waals surface area contributed by atoms with Gasteiger partial charge in [0.2, 0.25) is 10.0 Å². The molecule has 1 aliphatic heterocycles. The summed E-state index contributed by atoms with van der Waals surface area (Å²) >= 11 is 0. The average Bonchev–Trinajstić information content (AvgIpc) is 2.64. The van der Waals surface area contributed by atoms with Gasteiger partial charge in [-0.25, -0.2) is 16.8 Å². The maximum atomic E-state index is 12.5. The first-order chi connectivity index (χ1) is 9.26. The summed E-state index contributed by atoms with van der Waals surface area (Å²) in [5.74, 6) is 0.200. The van der Waals surface area contributed by atoms with Crippen LogP contribution in [0.5, 0.6) is 0 Å². The number of rotatable bonds is 3. The van der Waals surface area contributed by atoms with E-state index in [0.29, 0.717) is 0 Å². The molecule has 1 aromatic heterocycles. The highest BCUT2D eigenvalue weighted by molar-refractivity contribution is 7.91. The lowest BCUT2D eigenvalue weighted by Crippen LogP contribution is -2.33. The zero-order valence-electron chi connectivity index (χ0n) is 11.1. The lowest BCUT2D eigenvalue weighted by Gasteiger charge is -2.18. The molecule has 0 atom stereocenters. The number of aliphatic hydroxyl groups excluding tert-OH is 1. The second-order valence-corrected chi connectivity index (χ2v) is 8.91. The molecule has 0 unspecified atom stereocenters. The summed E-state index contributed by atoms with van der Waals surface area (Å²) in [7, 11) is -6.97. The van der Waals surface area contributed by atoms with Crippen LogP contribution in [0.2, 0.25) is 0 Å². The lowest BCUT2D eigenvalue weighted by molar-refractivity contribution is 0.244. The Kier molecular flexibility index (Phi) is 4.24. The molecule has 9 heteroatoms. The first-order valence-corrected chi connectivity index (χ1v) is 9.43. The number of furan rings is 1. The summed E-state index contributed by atoms with van der Waals surface area (Å²) < 4.78 is 54.3. The van der Waals surface area contributed by atoms with E-state index in [0.717, 1.165) is 4.31 Å². The van der Waals surface area contributed by atoms with Crippen LogP contribution in [0.15, 0.2) is 15.4 Å². The molecule has 114 valence electrons. The van der Waals surface area contributed by atoms with E-state index in [1.54, 1.807) is 0 Å². The van der Waals surface area contributed by atoms with Crippen molar-refractivity contribution in [3.63, 3.8) is 0 Å². The van der Waals surface area contributed by atoms with E-state index < -0.39 is 19.9 Å². The molecule has 0 radical (unpaired) electrons. The summed E-state index contributed by atoms with van der Waals surface area (Å²) in [5.41, 5.74) is 0. The van der Waals surface area contributed by atoms with Gasteiger partial charge in [0.25, 0.3) is 0 Å². The van der Waals surface area contributed by atoms with E-state index in [1.165, 1.54) is 13.0 Å². The molecule has 0 amide bonds. The van der Waals surface area contributed by atoms with Gasteiger partial charge in [0, 0.05) is 19.2 Å². The third-order valence-electron chi connectivity index (χ3n) is 3.21. The van der Waals surface area contributed by atoms with Crippen LogP contribution in [-0.4, -0.2) is 50.8 Å². The molecular weight excluding hydrogens is 306 g/mol. The van der Waals surface area contributed by atoms with Crippen molar-refractivity contribution in [1.29, 1.82) is 0 Å². The maximum Gasteiger partial charge on any atom is 0.246 e. The van der Waals surface area contributed by atoms with Gasteiger partial charge in [0.1, 0.15) is 23.0 Å². The van der Waals surface area contributed by atoms with Crippen molar-refractivity contribution in [2.24, 2.45) is 0 Å². The Morgan fingerprint density at radius 1 is 1.35 bits per heavy atom. The number of hydrogen-bond donors (Lipinski definition) is 1. The van der Waals surface area contributed by atoms with Crippen LogP contribution in [0.4, 0.5) is 0 Å². The fraction of sp³-hybridized carbons (Fsp3) is 0.636. The smallest absolute Gasteiger partial charge is 0.246 e. The second kappa shape index (κ2) is 5.47. The first-order valence-electron chi connectivity index (χ1n) is 6.17. The van der Waals surface area contributed by atoms with Gasteiger partial charge in [0.15, 0.2) is 9.84 Å². The highest BCUT2D eigenvalue weighted by Gasteiger charge is 2.31. The zero-order chi connectivity index (χ0) is 15.0. The molecule has 2 rings (SSSR count). The van der Waals surface area contributed by atoms with Crippen LogP contribution in [0.25, 0.3) is 0 Å². The number of sulfone groups is 1. The normalized spacial score (nSPS) is 20.7. The van der Waals surface area contributed by atoms with Gasteiger partial charge in [-0.05, 0) is 13.3 Å². The van der Waals surface area contributed by atoms with E-state index in [2.05, 4.69) is 0 Å². The van der Waals surface area contributed by atoms with Crippen molar-refractivity contribution in [2.75, 3.05) is 24.6 Å². The Bertz CT molecular complexity index is 688. The minimum atomic E-state index is -3.79. The first kappa shape index (κ1) is 15.5. The van der Waals surface area contributed by atoms with Crippen LogP contribution < -0.4 is 0 Å². The number of sulfonamides is 1. The minimum absolute atomic E-state index is 0.00524. The van der Waals surface area contributed by atoms with Crippen LogP contribution >= 0.6 is 0 Å². The summed E-state index contributed by atoms with van der Waals surface area (Å²) in [6, 6.07) is 1.28. The molecule has 7 nitrogen and oxygen atoms in total. The Morgan fingerprint density at radius 3 is 2.65 bits per heavy atom. The van der Waals surface area contributed by atoms with Crippen molar-refractivity contribution < 1.29 is 26.4 Å². The molecule has 0 aromatic carbocycles. The van der Waals surface area contributed by atoms with E-state index in [4.69, 9.17) is 9.52 Å². The van der Waals surface area contributed by atoms with Crippen LogP contribution in [0.1, 0.15) is 17.9 Å². The van der Waals surface area contributed by atoms with Gasteiger partial charge in [-0.15, -0.1) is 0 Å². The van der Waals surface area contributed by atoms with Crippen molar-refractivity contribution in [1.82, 2.24) is 4.31 Å². The Balaban J connectivity index is 2.32. The van der Waals surface area contributed by atoms with Gasteiger partial charge in [0.05, 0.1) is 11.5 Å². The van der Waals surface area contributed by atoms with Crippen molar-refractivity contribution >= 4 is 19.9 Å². The molecule has 1 saturated heterocycles. The van der Waals surface area contributed by atoms with Crippen LogP contribution in [0, 0.1) is 6.92 Å². The van der Waals surface area contributed by atoms with Gasteiger partial charge < -0.3 is 9.52 Å². The second-order valence-electron chi connectivity index (χ2n) is 4.70. The molecular formula is C11H17NO6S2. The van der Waals surface area contributed by atoms with Crippen molar-refractivity contribution in [2.45, 2.75) is 24.8 Å². The monoisotopic (exact) mass is 323 g/mol. The number of aryl methyl sites for hydroxylation is 1. The molecule has 2 heterocycles. The van der Waals surface area contributed by atoms with E-state index >= 15 is 0 Å². The minimum Gasteiger partial charge on any atom is -0.462 e. The molecule has 1 aromatic rings. The van der Waals surface area contributed by atoms with E-state index in [1.807, 2.05) is 0 Å². The van der Waals surface area contributed by atoms with E-state index in [-0.39, 0.29) is 54.0 Å². The van der Waals surface area contributed by atoms with Gasteiger partial charge >= 0.3 is 0 Å². The third kappa shape index (κ3) is 3.05. The summed E-state index contributed by atoms with van der Waals surface area (Å²) in [5, 5.41) is 8.98. The molecule has 0 bridgehead atoms. The SMILES string of the molecule is Cc1oc(CO)cc1S(=O)(=O)N1CCCS(=O)(=O)CC1.